The second-order valence-corrected chi connectivity index (χ2v) is 9.61. The lowest BCUT2D eigenvalue weighted by Crippen LogP contribution is -2.53. The molecule has 36 heavy (non-hydrogen) atoms. The number of primary amides is 1. The Labute approximate surface area is 209 Å². The monoisotopic (exact) mass is 493 g/mol. The first-order chi connectivity index (χ1) is 17.1. The second kappa shape index (κ2) is 9.33. The van der Waals surface area contributed by atoms with E-state index in [0.29, 0.717) is 33.4 Å². The van der Waals surface area contributed by atoms with Crippen LogP contribution in [0.3, 0.4) is 0 Å². The number of phenols is 2. The van der Waals surface area contributed by atoms with Crippen LogP contribution >= 0.6 is 0 Å². The Morgan fingerprint density at radius 1 is 1.11 bits per heavy atom. The number of ether oxygens (including phenoxy) is 2. The minimum atomic E-state index is -0.903. The SMILES string of the molecule is CC(C)(NN)C(N)=O.CCC1CC(=O)c2c(O)cccc2C12COc1cccc3c(O)ccc(c13)O2. The number of amides is 1. The van der Waals surface area contributed by atoms with Gasteiger partial charge in [0.05, 0.1) is 10.9 Å². The lowest BCUT2D eigenvalue weighted by molar-refractivity contribution is -0.123. The normalized spacial score (nSPS) is 20.4. The Bertz CT molecular complexity index is 1340. The van der Waals surface area contributed by atoms with Crippen molar-refractivity contribution in [1.29, 1.82) is 0 Å². The molecule has 3 aromatic rings. The molecule has 3 aromatic carbocycles. The highest BCUT2D eigenvalue weighted by Gasteiger charge is 2.51. The molecule has 0 aromatic heterocycles. The summed E-state index contributed by atoms with van der Waals surface area (Å²) in [7, 11) is 0. The predicted molar refractivity (Wildman–Crippen MR) is 135 cm³/mol. The van der Waals surface area contributed by atoms with Crippen LogP contribution in [0.1, 0.15) is 49.5 Å². The molecule has 5 rings (SSSR count). The summed E-state index contributed by atoms with van der Waals surface area (Å²) in [6.07, 6.45) is 1.00. The average molecular weight is 494 g/mol. The van der Waals surface area contributed by atoms with Gasteiger partial charge in [-0.05, 0) is 44.5 Å². The molecule has 1 aliphatic heterocycles. The highest BCUT2D eigenvalue weighted by Crippen LogP contribution is 2.51. The van der Waals surface area contributed by atoms with Gasteiger partial charge in [0, 0.05) is 23.3 Å². The molecule has 9 heteroatoms. The Morgan fingerprint density at radius 3 is 2.47 bits per heavy atom. The van der Waals surface area contributed by atoms with Crippen LogP contribution in [0, 0.1) is 5.92 Å². The first-order valence-corrected chi connectivity index (χ1v) is 11.8. The van der Waals surface area contributed by atoms with Gasteiger partial charge in [0.2, 0.25) is 5.91 Å². The van der Waals surface area contributed by atoms with Crippen LogP contribution in [0.25, 0.3) is 10.8 Å². The maximum atomic E-state index is 12.8. The van der Waals surface area contributed by atoms with Crippen LogP contribution in [-0.4, -0.2) is 34.0 Å². The van der Waals surface area contributed by atoms with E-state index >= 15 is 0 Å². The van der Waals surface area contributed by atoms with Crippen molar-refractivity contribution < 1.29 is 29.3 Å². The van der Waals surface area contributed by atoms with Crippen LogP contribution in [-0.2, 0) is 10.4 Å². The van der Waals surface area contributed by atoms with Gasteiger partial charge in [0.15, 0.2) is 11.4 Å². The van der Waals surface area contributed by atoms with Crippen molar-refractivity contribution in [2.24, 2.45) is 17.5 Å². The number of benzene rings is 3. The number of nitrogens with two attached hydrogens (primary N) is 2. The van der Waals surface area contributed by atoms with Gasteiger partial charge in [-0.2, -0.15) is 0 Å². The first-order valence-electron chi connectivity index (χ1n) is 11.8. The summed E-state index contributed by atoms with van der Waals surface area (Å²) in [6.45, 7) is 5.45. The fourth-order valence-corrected chi connectivity index (χ4v) is 4.72. The van der Waals surface area contributed by atoms with E-state index in [1.807, 2.05) is 31.2 Å². The zero-order valence-electron chi connectivity index (χ0n) is 20.5. The molecule has 2 atom stereocenters. The summed E-state index contributed by atoms with van der Waals surface area (Å²) in [5, 5.41) is 22.0. The number of ketones is 1. The molecule has 7 N–H and O–H groups in total. The van der Waals surface area contributed by atoms with Gasteiger partial charge in [-0.1, -0.05) is 31.2 Å². The largest absolute Gasteiger partial charge is 0.507 e. The van der Waals surface area contributed by atoms with E-state index in [1.54, 1.807) is 32.0 Å². The molecule has 190 valence electrons. The van der Waals surface area contributed by atoms with Gasteiger partial charge in [0.1, 0.15) is 35.1 Å². The number of hydrogen-bond donors (Lipinski definition) is 5. The Morgan fingerprint density at radius 2 is 1.83 bits per heavy atom. The molecule has 2 aliphatic rings. The number of aromatic hydroxyl groups is 2. The molecule has 2 unspecified atom stereocenters. The number of hydrazine groups is 1. The summed E-state index contributed by atoms with van der Waals surface area (Å²) < 4.78 is 12.9. The van der Waals surface area contributed by atoms with E-state index in [2.05, 4.69) is 5.43 Å². The molecular formula is C27H31N3O6. The third kappa shape index (κ3) is 4.10. The molecule has 0 saturated carbocycles. The average Bonchev–Trinajstić information content (AvgIpc) is 3.03. The molecule has 1 spiro atoms. The Hall–Kier alpha value is -3.82. The number of Topliss-reactive ketones (excluding diaryl/α,β-unsaturated/α-hetero) is 1. The lowest BCUT2D eigenvalue weighted by Gasteiger charge is -2.43. The van der Waals surface area contributed by atoms with E-state index in [0.717, 1.165) is 6.42 Å². The second-order valence-electron chi connectivity index (χ2n) is 9.61. The lowest BCUT2D eigenvalue weighted by atomic mass is 9.69. The zero-order valence-corrected chi connectivity index (χ0v) is 20.5. The van der Waals surface area contributed by atoms with Crippen molar-refractivity contribution in [2.45, 2.75) is 44.8 Å². The summed E-state index contributed by atoms with van der Waals surface area (Å²) in [4.78, 5) is 23.1. The van der Waals surface area contributed by atoms with Crippen LogP contribution < -0.4 is 26.5 Å². The fraction of sp³-hybridized carbons (Fsp3) is 0.333. The third-order valence-corrected chi connectivity index (χ3v) is 7.01. The van der Waals surface area contributed by atoms with Crippen molar-refractivity contribution in [1.82, 2.24) is 5.43 Å². The topological polar surface area (TPSA) is 157 Å². The number of phenolic OH excluding ortho intramolecular Hbond substituents is 2. The predicted octanol–water partition coefficient (Wildman–Crippen LogP) is 3.24. The molecule has 0 fully saturated rings. The Balaban J connectivity index is 0.000000331. The third-order valence-electron chi connectivity index (χ3n) is 7.01. The number of carbonyl (C=O) groups excluding carboxylic acids is 2. The van der Waals surface area contributed by atoms with Crippen molar-refractivity contribution in [2.75, 3.05) is 6.61 Å². The fourth-order valence-electron chi connectivity index (χ4n) is 4.72. The summed E-state index contributed by atoms with van der Waals surface area (Å²) in [6, 6.07) is 14.0. The summed E-state index contributed by atoms with van der Waals surface area (Å²) in [5.41, 5.74) is 6.44. The molecule has 1 aliphatic carbocycles. The van der Waals surface area contributed by atoms with E-state index in [-0.39, 0.29) is 36.2 Å². The maximum Gasteiger partial charge on any atom is 0.238 e. The van der Waals surface area contributed by atoms with Crippen molar-refractivity contribution in [3.05, 3.63) is 59.7 Å². The molecule has 1 heterocycles. The van der Waals surface area contributed by atoms with Gasteiger partial charge in [0.25, 0.3) is 0 Å². The van der Waals surface area contributed by atoms with Gasteiger partial charge >= 0.3 is 0 Å². The Kier molecular flexibility index (Phi) is 6.55. The number of nitrogens with one attached hydrogen (secondary N) is 1. The number of hydrogen-bond acceptors (Lipinski definition) is 8. The standard InChI is InChI=1S/C23H20O5.C4H11N3O/c1-2-13-11-18(26)22-15(6-4-7-17(22)25)23(13)12-27-19-8-3-5-14-16(24)9-10-20(28-23)21(14)19;1-4(2,7-6)3(5)8/h3-10,13,24-25H,2,11-12H2,1H3;7H,6H2,1-2H3,(H2,5,8). The van der Waals surface area contributed by atoms with E-state index < -0.39 is 17.0 Å². The van der Waals surface area contributed by atoms with Gasteiger partial charge in [-0.25, -0.2) is 5.43 Å². The summed E-state index contributed by atoms with van der Waals surface area (Å²) >= 11 is 0. The van der Waals surface area contributed by atoms with Crippen molar-refractivity contribution >= 4 is 22.5 Å². The number of carbonyl (C=O) groups is 2. The zero-order chi connectivity index (χ0) is 26.3. The van der Waals surface area contributed by atoms with Crippen LogP contribution in [0.2, 0.25) is 0 Å². The van der Waals surface area contributed by atoms with E-state index in [9.17, 15) is 19.8 Å². The smallest absolute Gasteiger partial charge is 0.238 e. The van der Waals surface area contributed by atoms with E-state index in [4.69, 9.17) is 21.1 Å². The van der Waals surface area contributed by atoms with Crippen molar-refractivity contribution in [3.63, 3.8) is 0 Å². The number of fused-ring (bicyclic) bond motifs is 2. The molecule has 9 nitrogen and oxygen atoms in total. The van der Waals surface area contributed by atoms with Crippen LogP contribution in [0.15, 0.2) is 48.5 Å². The maximum absolute atomic E-state index is 12.8. The minimum absolute atomic E-state index is 0.0300. The summed E-state index contributed by atoms with van der Waals surface area (Å²) in [5.74, 6) is 5.68. The van der Waals surface area contributed by atoms with Gasteiger partial charge in [-0.15, -0.1) is 0 Å². The minimum Gasteiger partial charge on any atom is -0.507 e. The first kappa shape index (κ1) is 25.3. The highest BCUT2D eigenvalue weighted by atomic mass is 16.6. The number of rotatable bonds is 3. The quantitative estimate of drug-likeness (QED) is 0.275. The molecule has 1 amide bonds. The highest BCUT2D eigenvalue weighted by molar-refractivity contribution is 6.02. The molecule has 0 bridgehead atoms. The van der Waals surface area contributed by atoms with Gasteiger partial charge in [-0.3, -0.25) is 15.4 Å². The van der Waals surface area contributed by atoms with Crippen LogP contribution in [0.5, 0.6) is 23.0 Å². The van der Waals surface area contributed by atoms with Crippen LogP contribution in [0.4, 0.5) is 0 Å². The van der Waals surface area contributed by atoms with E-state index in [1.165, 1.54) is 6.07 Å². The molecule has 0 saturated heterocycles. The van der Waals surface area contributed by atoms with Gasteiger partial charge < -0.3 is 25.4 Å². The molecule has 0 radical (unpaired) electrons. The van der Waals surface area contributed by atoms with Crippen molar-refractivity contribution in [3.8, 4) is 23.0 Å². The molecular weight excluding hydrogens is 462 g/mol.